The zero-order valence-electron chi connectivity index (χ0n) is 12.7. The van der Waals surface area contributed by atoms with Crippen LogP contribution in [0.4, 0.5) is 10.5 Å². The van der Waals surface area contributed by atoms with Crippen molar-refractivity contribution in [1.29, 1.82) is 0 Å². The minimum atomic E-state index is -0.832. The molecule has 2 aliphatic rings. The van der Waals surface area contributed by atoms with Gasteiger partial charge in [-0.3, -0.25) is 0 Å². The largest absolute Gasteiger partial charge is 0.480 e. The number of carboxylic acids is 1. The summed E-state index contributed by atoms with van der Waals surface area (Å²) in [7, 11) is 0. The number of carboxylic acid groups (broad SMARTS) is 1. The van der Waals surface area contributed by atoms with E-state index in [2.05, 4.69) is 16.0 Å². The zero-order valence-corrected chi connectivity index (χ0v) is 13.5. The number of aliphatic carboxylic acids is 1. The van der Waals surface area contributed by atoms with E-state index >= 15 is 0 Å². The molecule has 1 aromatic rings. The van der Waals surface area contributed by atoms with Gasteiger partial charge in [0.15, 0.2) is 0 Å². The Kier molecular flexibility index (Phi) is 4.95. The first kappa shape index (κ1) is 16.0. The maximum atomic E-state index is 11.4. The summed E-state index contributed by atoms with van der Waals surface area (Å²) in [4.78, 5) is 22.8. The predicted octanol–water partition coefficient (Wildman–Crippen LogP) is 1.89. The third-order valence-electron chi connectivity index (χ3n) is 4.33. The molecule has 2 heterocycles. The maximum Gasteiger partial charge on any atom is 0.326 e. The summed E-state index contributed by atoms with van der Waals surface area (Å²) in [5.74, 6) is 0.0974. The number of carbonyl (C=O) groups excluding carboxylic acids is 1. The number of thioether (sulfide) groups is 1. The molecule has 0 saturated carbocycles. The molecule has 6 nitrogen and oxygen atoms in total. The lowest BCUT2D eigenvalue weighted by molar-refractivity contribution is -0.138. The highest BCUT2D eigenvalue weighted by atomic mass is 32.2. The molecule has 2 aliphatic heterocycles. The van der Waals surface area contributed by atoms with Gasteiger partial charge in [0.1, 0.15) is 6.04 Å². The van der Waals surface area contributed by atoms with Gasteiger partial charge in [-0.1, -0.05) is 18.2 Å². The highest BCUT2D eigenvalue weighted by molar-refractivity contribution is 8.00. The number of rotatable bonds is 7. The molecule has 2 amide bonds. The molecule has 0 bridgehead atoms. The molecule has 0 aliphatic carbocycles. The highest BCUT2D eigenvalue weighted by Crippen LogP contribution is 2.33. The Morgan fingerprint density at radius 2 is 2.13 bits per heavy atom. The summed E-state index contributed by atoms with van der Waals surface area (Å²) in [5.41, 5.74) is 0.822. The van der Waals surface area contributed by atoms with E-state index in [1.165, 1.54) is 0 Å². The van der Waals surface area contributed by atoms with Crippen LogP contribution in [0.25, 0.3) is 0 Å². The van der Waals surface area contributed by atoms with Crippen molar-refractivity contribution in [3.05, 3.63) is 30.3 Å². The lowest BCUT2D eigenvalue weighted by Crippen LogP contribution is -2.37. The van der Waals surface area contributed by atoms with Crippen LogP contribution in [-0.4, -0.2) is 46.2 Å². The molecule has 4 atom stereocenters. The van der Waals surface area contributed by atoms with Crippen molar-refractivity contribution in [2.75, 3.05) is 11.1 Å². The molecular formula is C16H21N3O3S. The number of para-hydroxylation sites is 1. The van der Waals surface area contributed by atoms with E-state index in [0.717, 1.165) is 24.3 Å². The third-order valence-corrected chi connectivity index (χ3v) is 5.84. The molecule has 3 rings (SSSR count). The minimum absolute atomic E-state index is 0.0838. The van der Waals surface area contributed by atoms with E-state index in [4.69, 9.17) is 0 Å². The topological polar surface area (TPSA) is 90.5 Å². The van der Waals surface area contributed by atoms with Gasteiger partial charge in [-0.2, -0.15) is 11.8 Å². The Hall–Kier alpha value is -1.89. The van der Waals surface area contributed by atoms with Crippen molar-refractivity contribution >= 4 is 29.4 Å². The summed E-state index contributed by atoms with van der Waals surface area (Å²) in [6, 6.07) is 9.13. The van der Waals surface area contributed by atoms with E-state index in [1.54, 1.807) is 0 Å². The van der Waals surface area contributed by atoms with Crippen LogP contribution in [0.15, 0.2) is 30.3 Å². The first-order chi connectivity index (χ1) is 11.1. The fourth-order valence-electron chi connectivity index (χ4n) is 3.16. The standard InChI is InChI=1S/C16H21N3O3S/c20-15(21)11(17-10-5-2-1-3-6-10)7-4-8-13-14-12(9-23-13)18-16(22)19-14/h1-3,5-6,11-14,17H,4,7-9H2,(H,20,21)(H2,18,19,22)/t11?,12-,13-,14-/m0/s1. The molecule has 1 aromatic carbocycles. The quantitative estimate of drug-likeness (QED) is 0.571. The Bertz CT molecular complexity index is 569. The molecule has 0 aromatic heterocycles. The van der Waals surface area contributed by atoms with Crippen LogP contribution in [0.3, 0.4) is 0 Å². The van der Waals surface area contributed by atoms with Crippen molar-refractivity contribution in [2.45, 2.75) is 42.6 Å². The van der Waals surface area contributed by atoms with Crippen LogP contribution in [0, 0.1) is 0 Å². The fourth-order valence-corrected chi connectivity index (χ4v) is 4.70. The summed E-state index contributed by atoms with van der Waals surface area (Å²) in [6.45, 7) is 0. The number of amides is 2. The van der Waals surface area contributed by atoms with Gasteiger partial charge >= 0.3 is 12.0 Å². The average molecular weight is 335 g/mol. The molecule has 2 saturated heterocycles. The number of anilines is 1. The maximum absolute atomic E-state index is 11.4. The highest BCUT2D eigenvalue weighted by Gasteiger charge is 2.42. The molecule has 4 N–H and O–H groups in total. The SMILES string of the molecule is O=C1N[C@H]2[C@H](CS[C@H]2CCCC(Nc2ccccc2)C(=O)O)N1. The van der Waals surface area contributed by atoms with Gasteiger partial charge < -0.3 is 21.1 Å². The molecular weight excluding hydrogens is 314 g/mol. The second-order valence-electron chi connectivity index (χ2n) is 5.95. The van der Waals surface area contributed by atoms with Gasteiger partial charge in [0.2, 0.25) is 0 Å². The first-order valence-corrected chi connectivity index (χ1v) is 8.91. The van der Waals surface area contributed by atoms with Gasteiger partial charge in [0.25, 0.3) is 0 Å². The molecule has 7 heteroatoms. The Labute approximate surface area is 139 Å². The second-order valence-corrected chi connectivity index (χ2v) is 7.23. The Morgan fingerprint density at radius 3 is 2.87 bits per heavy atom. The van der Waals surface area contributed by atoms with Gasteiger partial charge in [-0.25, -0.2) is 9.59 Å². The number of fused-ring (bicyclic) bond motifs is 1. The van der Waals surface area contributed by atoms with Gasteiger partial charge in [0.05, 0.1) is 12.1 Å². The number of nitrogens with one attached hydrogen (secondary N) is 3. The number of urea groups is 1. The van der Waals surface area contributed by atoms with Gasteiger partial charge in [0, 0.05) is 16.7 Å². The van der Waals surface area contributed by atoms with E-state index < -0.39 is 12.0 Å². The van der Waals surface area contributed by atoms with Crippen LogP contribution < -0.4 is 16.0 Å². The zero-order chi connectivity index (χ0) is 16.2. The van der Waals surface area contributed by atoms with Crippen molar-refractivity contribution in [1.82, 2.24) is 10.6 Å². The number of carbonyl (C=O) groups is 2. The molecule has 0 spiro atoms. The molecule has 2 fully saturated rings. The van der Waals surface area contributed by atoms with E-state index in [1.807, 2.05) is 42.1 Å². The van der Waals surface area contributed by atoms with Crippen molar-refractivity contribution < 1.29 is 14.7 Å². The predicted molar refractivity (Wildman–Crippen MR) is 90.8 cm³/mol. The average Bonchev–Trinajstić information content (AvgIpc) is 3.07. The first-order valence-electron chi connectivity index (χ1n) is 7.86. The second kappa shape index (κ2) is 7.12. The molecule has 1 unspecified atom stereocenters. The van der Waals surface area contributed by atoms with Gasteiger partial charge in [-0.05, 0) is 31.4 Å². The summed E-state index contributed by atoms with van der Waals surface area (Å²) in [6.07, 6.45) is 2.29. The lowest BCUT2D eigenvalue weighted by atomic mass is 10.0. The molecule has 124 valence electrons. The number of hydrogen-bond donors (Lipinski definition) is 4. The Morgan fingerprint density at radius 1 is 1.35 bits per heavy atom. The fraction of sp³-hybridized carbons (Fsp3) is 0.500. The van der Waals surface area contributed by atoms with Crippen molar-refractivity contribution in [3.63, 3.8) is 0 Å². The minimum Gasteiger partial charge on any atom is -0.480 e. The van der Waals surface area contributed by atoms with Gasteiger partial charge in [-0.15, -0.1) is 0 Å². The summed E-state index contributed by atoms with van der Waals surface area (Å²) >= 11 is 1.86. The van der Waals surface area contributed by atoms with Crippen LogP contribution in [-0.2, 0) is 4.79 Å². The van der Waals surface area contributed by atoms with Crippen molar-refractivity contribution in [2.24, 2.45) is 0 Å². The smallest absolute Gasteiger partial charge is 0.326 e. The summed E-state index contributed by atoms with van der Waals surface area (Å²) in [5, 5.41) is 18.7. The molecule has 23 heavy (non-hydrogen) atoms. The van der Waals surface area contributed by atoms with Crippen molar-refractivity contribution in [3.8, 4) is 0 Å². The van der Waals surface area contributed by atoms with Crippen LogP contribution in [0.5, 0.6) is 0 Å². The van der Waals surface area contributed by atoms with Crippen LogP contribution in [0.2, 0.25) is 0 Å². The normalized spacial score (nSPS) is 27.0. The number of hydrogen-bond acceptors (Lipinski definition) is 4. The number of benzene rings is 1. The van der Waals surface area contributed by atoms with Crippen LogP contribution >= 0.6 is 11.8 Å². The van der Waals surface area contributed by atoms with E-state index in [-0.39, 0.29) is 18.1 Å². The van der Waals surface area contributed by atoms with Crippen LogP contribution in [0.1, 0.15) is 19.3 Å². The lowest BCUT2D eigenvalue weighted by Gasteiger charge is -2.19. The Balaban J connectivity index is 1.48. The third kappa shape index (κ3) is 3.90. The van der Waals surface area contributed by atoms with E-state index in [9.17, 15) is 14.7 Å². The summed E-state index contributed by atoms with van der Waals surface area (Å²) < 4.78 is 0. The van der Waals surface area contributed by atoms with E-state index in [0.29, 0.717) is 11.7 Å². The monoisotopic (exact) mass is 335 g/mol. The molecule has 0 radical (unpaired) electrons.